The molecule has 108 valence electrons. The molecule has 0 aliphatic heterocycles. The summed E-state index contributed by atoms with van der Waals surface area (Å²) in [5.74, 6) is -0.344. The van der Waals surface area contributed by atoms with Crippen molar-refractivity contribution < 1.29 is 9.90 Å². The Labute approximate surface area is 113 Å². The second-order valence-corrected chi connectivity index (χ2v) is 6.57. The molecule has 0 saturated carbocycles. The molecule has 0 fully saturated rings. The second kappa shape index (κ2) is 9.41. The minimum atomic E-state index is -0.655. The highest BCUT2D eigenvalue weighted by Gasteiger charge is 2.26. The number of hydrogen-bond acceptors (Lipinski definition) is 1. The van der Waals surface area contributed by atoms with E-state index < -0.39 is 5.97 Å². The average molecular weight is 256 g/mol. The first-order valence-electron chi connectivity index (χ1n) is 7.59. The zero-order chi connectivity index (χ0) is 14.0. The summed E-state index contributed by atoms with van der Waals surface area (Å²) in [6.07, 6.45) is 10.5. The Bertz CT molecular complexity index is 216. The van der Waals surface area contributed by atoms with E-state index in [0.29, 0.717) is 12.3 Å². The van der Waals surface area contributed by atoms with Crippen LogP contribution in [0.3, 0.4) is 0 Å². The smallest absolute Gasteiger partial charge is 0.303 e. The SMILES string of the molecule is CCCCCCCCCC(CC(=O)O)C(C)(C)C. The fourth-order valence-electron chi connectivity index (χ4n) is 2.40. The lowest BCUT2D eigenvalue weighted by Gasteiger charge is -2.29. The normalized spacial score (nSPS) is 13.6. The lowest BCUT2D eigenvalue weighted by molar-refractivity contribution is -0.139. The van der Waals surface area contributed by atoms with Gasteiger partial charge in [-0.2, -0.15) is 0 Å². The van der Waals surface area contributed by atoms with E-state index in [9.17, 15) is 4.79 Å². The molecule has 1 N–H and O–H groups in total. The standard InChI is InChI=1S/C16H32O2/c1-5-6-7-8-9-10-11-12-14(13-15(17)18)16(2,3)4/h14H,5-13H2,1-4H3,(H,17,18). The van der Waals surface area contributed by atoms with Gasteiger partial charge in [-0.1, -0.05) is 72.6 Å². The third kappa shape index (κ3) is 9.49. The van der Waals surface area contributed by atoms with E-state index in [-0.39, 0.29) is 5.41 Å². The van der Waals surface area contributed by atoms with Gasteiger partial charge >= 0.3 is 5.97 Å². The zero-order valence-corrected chi connectivity index (χ0v) is 12.8. The van der Waals surface area contributed by atoms with Crippen molar-refractivity contribution >= 4 is 5.97 Å². The van der Waals surface area contributed by atoms with Gasteiger partial charge < -0.3 is 5.11 Å². The van der Waals surface area contributed by atoms with Gasteiger partial charge in [0.15, 0.2) is 0 Å². The molecular formula is C16H32O2. The van der Waals surface area contributed by atoms with Gasteiger partial charge in [-0.25, -0.2) is 0 Å². The van der Waals surface area contributed by atoms with Crippen LogP contribution < -0.4 is 0 Å². The average Bonchev–Trinajstić information content (AvgIpc) is 2.24. The molecular weight excluding hydrogens is 224 g/mol. The fraction of sp³-hybridized carbons (Fsp3) is 0.938. The van der Waals surface area contributed by atoms with Crippen LogP contribution in [0.5, 0.6) is 0 Å². The molecule has 0 radical (unpaired) electrons. The minimum absolute atomic E-state index is 0.112. The van der Waals surface area contributed by atoms with E-state index in [1.165, 1.54) is 44.9 Å². The van der Waals surface area contributed by atoms with E-state index in [2.05, 4.69) is 27.7 Å². The first-order chi connectivity index (χ1) is 8.38. The van der Waals surface area contributed by atoms with Gasteiger partial charge in [0.05, 0.1) is 0 Å². The van der Waals surface area contributed by atoms with Crippen LogP contribution >= 0.6 is 0 Å². The summed E-state index contributed by atoms with van der Waals surface area (Å²) in [5, 5.41) is 8.95. The van der Waals surface area contributed by atoms with Crippen LogP contribution in [0, 0.1) is 11.3 Å². The van der Waals surface area contributed by atoms with Gasteiger partial charge in [0.25, 0.3) is 0 Å². The highest BCUT2D eigenvalue weighted by Crippen LogP contribution is 2.33. The Morgan fingerprint density at radius 3 is 1.94 bits per heavy atom. The maximum Gasteiger partial charge on any atom is 0.303 e. The highest BCUT2D eigenvalue weighted by atomic mass is 16.4. The van der Waals surface area contributed by atoms with Crippen molar-refractivity contribution in [2.24, 2.45) is 11.3 Å². The lowest BCUT2D eigenvalue weighted by atomic mass is 9.76. The highest BCUT2D eigenvalue weighted by molar-refractivity contribution is 5.67. The molecule has 0 rings (SSSR count). The molecule has 0 amide bonds. The minimum Gasteiger partial charge on any atom is -0.481 e. The largest absolute Gasteiger partial charge is 0.481 e. The molecule has 2 heteroatoms. The molecule has 0 aromatic heterocycles. The van der Waals surface area contributed by atoms with Crippen LogP contribution in [-0.2, 0) is 4.79 Å². The topological polar surface area (TPSA) is 37.3 Å². The van der Waals surface area contributed by atoms with E-state index in [1.54, 1.807) is 0 Å². The molecule has 1 unspecified atom stereocenters. The lowest BCUT2D eigenvalue weighted by Crippen LogP contribution is -2.23. The predicted molar refractivity (Wildman–Crippen MR) is 77.8 cm³/mol. The fourth-order valence-corrected chi connectivity index (χ4v) is 2.40. The second-order valence-electron chi connectivity index (χ2n) is 6.57. The third-order valence-corrected chi connectivity index (χ3v) is 3.80. The van der Waals surface area contributed by atoms with Gasteiger partial charge in [0.1, 0.15) is 0 Å². The van der Waals surface area contributed by atoms with Crippen molar-refractivity contribution in [1.29, 1.82) is 0 Å². The molecule has 0 bridgehead atoms. The molecule has 18 heavy (non-hydrogen) atoms. The first-order valence-corrected chi connectivity index (χ1v) is 7.59. The molecule has 0 spiro atoms. The molecule has 0 aromatic rings. The molecule has 1 atom stereocenters. The summed E-state index contributed by atoms with van der Waals surface area (Å²) in [7, 11) is 0. The van der Waals surface area contributed by atoms with Crippen LogP contribution in [0.1, 0.15) is 85.5 Å². The van der Waals surface area contributed by atoms with Crippen LogP contribution in [0.25, 0.3) is 0 Å². The van der Waals surface area contributed by atoms with Crippen molar-refractivity contribution in [1.82, 2.24) is 0 Å². The van der Waals surface area contributed by atoms with Gasteiger partial charge in [-0.3, -0.25) is 4.79 Å². The third-order valence-electron chi connectivity index (χ3n) is 3.80. The monoisotopic (exact) mass is 256 g/mol. The summed E-state index contributed by atoms with van der Waals surface area (Å²) in [6, 6.07) is 0. The molecule has 0 aromatic carbocycles. The number of rotatable bonds is 10. The van der Waals surface area contributed by atoms with Crippen molar-refractivity contribution in [3.8, 4) is 0 Å². The quantitative estimate of drug-likeness (QED) is 0.541. The number of carboxylic acids is 1. The first kappa shape index (κ1) is 17.5. The summed E-state index contributed by atoms with van der Waals surface area (Å²) >= 11 is 0. The van der Waals surface area contributed by atoms with Crippen LogP contribution in [0.4, 0.5) is 0 Å². The predicted octanol–water partition coefficient (Wildman–Crippen LogP) is 5.26. The summed E-state index contributed by atoms with van der Waals surface area (Å²) in [6.45, 7) is 8.70. The van der Waals surface area contributed by atoms with Gasteiger partial charge in [0.2, 0.25) is 0 Å². The van der Waals surface area contributed by atoms with E-state index >= 15 is 0 Å². The molecule has 2 nitrogen and oxygen atoms in total. The Morgan fingerprint density at radius 1 is 1.00 bits per heavy atom. The Balaban J connectivity index is 3.74. The maximum absolute atomic E-state index is 10.9. The van der Waals surface area contributed by atoms with Crippen molar-refractivity contribution in [3.05, 3.63) is 0 Å². The van der Waals surface area contributed by atoms with Gasteiger partial charge in [-0.05, 0) is 17.8 Å². The summed E-state index contributed by atoms with van der Waals surface area (Å²) < 4.78 is 0. The Morgan fingerprint density at radius 2 is 1.50 bits per heavy atom. The maximum atomic E-state index is 10.9. The van der Waals surface area contributed by atoms with E-state index in [1.807, 2.05) is 0 Å². The molecule has 0 aliphatic rings. The number of carboxylic acid groups (broad SMARTS) is 1. The van der Waals surface area contributed by atoms with Crippen LogP contribution in [-0.4, -0.2) is 11.1 Å². The Kier molecular flexibility index (Phi) is 9.13. The number of unbranched alkanes of at least 4 members (excludes halogenated alkanes) is 6. The van der Waals surface area contributed by atoms with Crippen LogP contribution in [0.15, 0.2) is 0 Å². The van der Waals surface area contributed by atoms with E-state index in [0.717, 1.165) is 6.42 Å². The molecule has 0 saturated heterocycles. The Hall–Kier alpha value is -0.530. The summed E-state index contributed by atoms with van der Waals surface area (Å²) in [4.78, 5) is 10.9. The number of hydrogen-bond donors (Lipinski definition) is 1. The molecule has 0 aliphatic carbocycles. The van der Waals surface area contributed by atoms with Gasteiger partial charge in [0, 0.05) is 6.42 Å². The molecule has 0 heterocycles. The van der Waals surface area contributed by atoms with E-state index in [4.69, 9.17) is 5.11 Å². The number of carbonyl (C=O) groups is 1. The van der Waals surface area contributed by atoms with Crippen molar-refractivity contribution in [2.45, 2.75) is 85.5 Å². The zero-order valence-electron chi connectivity index (χ0n) is 12.8. The van der Waals surface area contributed by atoms with Crippen molar-refractivity contribution in [3.63, 3.8) is 0 Å². The summed E-state index contributed by atoms with van der Waals surface area (Å²) in [5.41, 5.74) is 0.112. The van der Waals surface area contributed by atoms with Crippen LogP contribution in [0.2, 0.25) is 0 Å². The van der Waals surface area contributed by atoms with Gasteiger partial charge in [-0.15, -0.1) is 0 Å². The van der Waals surface area contributed by atoms with Crippen molar-refractivity contribution in [2.75, 3.05) is 0 Å². The number of aliphatic carboxylic acids is 1.